The van der Waals surface area contributed by atoms with Gasteiger partial charge in [0.05, 0.1) is 12.2 Å². The van der Waals surface area contributed by atoms with Gasteiger partial charge in [-0.25, -0.2) is 8.78 Å². The molecule has 6 heteroatoms. The van der Waals surface area contributed by atoms with Crippen LogP contribution >= 0.6 is 11.3 Å². The molecule has 0 atom stereocenters. The highest BCUT2D eigenvalue weighted by Crippen LogP contribution is 2.29. The summed E-state index contributed by atoms with van der Waals surface area (Å²) >= 11 is 1.33. The molecule has 0 aliphatic heterocycles. The molecule has 2 aromatic carbocycles. The number of halogens is 2. The van der Waals surface area contributed by atoms with Gasteiger partial charge in [-0.1, -0.05) is 12.1 Å². The molecule has 0 saturated carbocycles. The van der Waals surface area contributed by atoms with E-state index in [-0.39, 0.29) is 0 Å². The van der Waals surface area contributed by atoms with Crippen molar-refractivity contribution in [3.63, 3.8) is 0 Å². The van der Waals surface area contributed by atoms with Crippen LogP contribution in [0.2, 0.25) is 0 Å². The third kappa shape index (κ3) is 3.85. The first-order valence-corrected chi connectivity index (χ1v) is 8.58. The lowest BCUT2D eigenvalue weighted by molar-refractivity contribution is 0.102. The van der Waals surface area contributed by atoms with Gasteiger partial charge < -0.3 is 10.1 Å². The van der Waals surface area contributed by atoms with Crippen molar-refractivity contribution in [1.82, 2.24) is 0 Å². The van der Waals surface area contributed by atoms with E-state index in [4.69, 9.17) is 4.74 Å². The van der Waals surface area contributed by atoms with Crippen molar-refractivity contribution in [3.8, 4) is 16.9 Å². The predicted molar refractivity (Wildman–Crippen MR) is 95.2 cm³/mol. The van der Waals surface area contributed by atoms with Crippen LogP contribution in [0.25, 0.3) is 11.1 Å². The van der Waals surface area contributed by atoms with Crippen LogP contribution in [0.4, 0.5) is 14.5 Å². The van der Waals surface area contributed by atoms with E-state index in [9.17, 15) is 13.6 Å². The van der Waals surface area contributed by atoms with Gasteiger partial charge in [-0.05, 0) is 53.8 Å². The molecule has 0 radical (unpaired) electrons. The van der Waals surface area contributed by atoms with Crippen molar-refractivity contribution in [2.24, 2.45) is 0 Å². The van der Waals surface area contributed by atoms with Gasteiger partial charge in [0.25, 0.3) is 5.91 Å². The molecule has 0 aliphatic carbocycles. The number of benzene rings is 2. The number of ether oxygens (including phenoxy) is 1. The molecular formula is C19H15F2NO2S. The van der Waals surface area contributed by atoms with Crippen molar-refractivity contribution in [2.75, 3.05) is 11.9 Å². The molecular weight excluding hydrogens is 344 g/mol. The van der Waals surface area contributed by atoms with E-state index in [1.807, 2.05) is 6.92 Å². The molecule has 0 spiro atoms. The summed E-state index contributed by atoms with van der Waals surface area (Å²) in [5.41, 5.74) is 0.891. The molecule has 0 saturated heterocycles. The van der Waals surface area contributed by atoms with Gasteiger partial charge in [-0.15, -0.1) is 0 Å². The van der Waals surface area contributed by atoms with Gasteiger partial charge in [0, 0.05) is 5.38 Å². The van der Waals surface area contributed by atoms with E-state index in [0.29, 0.717) is 29.0 Å². The number of carbonyl (C=O) groups excluding carboxylic acids is 1. The van der Waals surface area contributed by atoms with Crippen LogP contribution in [-0.4, -0.2) is 12.5 Å². The van der Waals surface area contributed by atoms with Crippen LogP contribution in [-0.2, 0) is 0 Å². The first-order valence-electron chi connectivity index (χ1n) is 7.64. The van der Waals surface area contributed by atoms with Crippen LogP contribution < -0.4 is 10.1 Å². The van der Waals surface area contributed by atoms with Gasteiger partial charge in [0.1, 0.15) is 23.1 Å². The van der Waals surface area contributed by atoms with Crippen LogP contribution in [0.3, 0.4) is 0 Å². The fourth-order valence-electron chi connectivity index (χ4n) is 2.37. The van der Waals surface area contributed by atoms with Crippen molar-refractivity contribution in [3.05, 3.63) is 70.4 Å². The van der Waals surface area contributed by atoms with E-state index in [2.05, 4.69) is 5.32 Å². The van der Waals surface area contributed by atoms with Gasteiger partial charge in [0.2, 0.25) is 0 Å². The Kier molecular flexibility index (Phi) is 5.09. The second-order valence-corrected chi connectivity index (χ2v) is 6.02. The topological polar surface area (TPSA) is 38.3 Å². The second kappa shape index (κ2) is 7.44. The van der Waals surface area contributed by atoms with Gasteiger partial charge >= 0.3 is 0 Å². The Hall–Kier alpha value is -2.73. The molecule has 3 rings (SSSR count). The van der Waals surface area contributed by atoms with E-state index in [1.54, 1.807) is 41.1 Å². The summed E-state index contributed by atoms with van der Waals surface area (Å²) in [5, 5.41) is 5.61. The fraction of sp³-hybridized carbons (Fsp3) is 0.105. The zero-order valence-electron chi connectivity index (χ0n) is 13.4. The number of rotatable bonds is 5. The minimum atomic E-state index is -0.833. The summed E-state index contributed by atoms with van der Waals surface area (Å²) in [4.78, 5) is 12.0. The molecule has 128 valence electrons. The molecule has 1 amide bonds. The van der Waals surface area contributed by atoms with Crippen molar-refractivity contribution >= 4 is 22.9 Å². The van der Waals surface area contributed by atoms with Gasteiger partial charge in [0.15, 0.2) is 0 Å². The zero-order chi connectivity index (χ0) is 17.8. The average molecular weight is 359 g/mol. The third-order valence-corrected chi connectivity index (χ3v) is 4.23. The van der Waals surface area contributed by atoms with Crippen LogP contribution in [0, 0.1) is 11.6 Å². The smallest absolute Gasteiger partial charge is 0.256 e. The summed E-state index contributed by atoms with van der Waals surface area (Å²) in [7, 11) is 0. The average Bonchev–Trinajstić information content (AvgIpc) is 3.13. The lowest BCUT2D eigenvalue weighted by Gasteiger charge is -2.11. The number of hydrogen-bond acceptors (Lipinski definition) is 3. The fourth-order valence-corrected chi connectivity index (χ4v) is 3.01. The Labute approximate surface area is 147 Å². The maximum atomic E-state index is 14.4. The van der Waals surface area contributed by atoms with Crippen LogP contribution in [0.5, 0.6) is 5.75 Å². The van der Waals surface area contributed by atoms with Gasteiger partial charge in [-0.2, -0.15) is 11.3 Å². The van der Waals surface area contributed by atoms with E-state index in [0.717, 1.165) is 0 Å². The van der Waals surface area contributed by atoms with Gasteiger partial charge in [-0.3, -0.25) is 4.79 Å². The molecule has 1 N–H and O–H groups in total. The Morgan fingerprint density at radius 1 is 1.12 bits per heavy atom. The molecule has 25 heavy (non-hydrogen) atoms. The molecule has 0 fully saturated rings. The lowest BCUT2D eigenvalue weighted by Crippen LogP contribution is -2.13. The van der Waals surface area contributed by atoms with E-state index >= 15 is 0 Å². The Bertz CT molecular complexity index is 871. The summed E-state index contributed by atoms with van der Waals surface area (Å²) in [6.45, 7) is 2.36. The first kappa shape index (κ1) is 17.1. The summed E-state index contributed by atoms with van der Waals surface area (Å²) in [5.74, 6) is -1.60. The highest BCUT2D eigenvalue weighted by atomic mass is 32.1. The van der Waals surface area contributed by atoms with Crippen LogP contribution in [0.15, 0.2) is 53.2 Å². The summed E-state index contributed by atoms with van der Waals surface area (Å²) in [6.07, 6.45) is 0. The number of amides is 1. The van der Waals surface area contributed by atoms with Crippen molar-refractivity contribution in [1.29, 1.82) is 0 Å². The van der Waals surface area contributed by atoms with E-state index < -0.39 is 23.2 Å². The van der Waals surface area contributed by atoms with Crippen molar-refractivity contribution in [2.45, 2.75) is 6.92 Å². The molecule has 1 aromatic heterocycles. The zero-order valence-corrected chi connectivity index (χ0v) is 14.2. The van der Waals surface area contributed by atoms with Crippen molar-refractivity contribution < 1.29 is 18.3 Å². The number of hydrogen-bond donors (Lipinski definition) is 1. The van der Waals surface area contributed by atoms with E-state index in [1.165, 1.54) is 23.5 Å². The Balaban J connectivity index is 1.90. The number of thiophene rings is 1. The lowest BCUT2D eigenvalue weighted by atomic mass is 10.0. The minimum Gasteiger partial charge on any atom is -0.494 e. The first-order chi connectivity index (χ1) is 12.1. The Morgan fingerprint density at radius 3 is 2.52 bits per heavy atom. The molecule has 0 unspecified atom stereocenters. The molecule has 0 bridgehead atoms. The molecule has 3 nitrogen and oxygen atoms in total. The predicted octanol–water partition coefficient (Wildman–Crippen LogP) is 5.34. The minimum absolute atomic E-state index is 0.359. The SMILES string of the molecule is CCOc1cccc(-c2cc(F)c(NC(=O)c3ccsc3)c(F)c2)c1. The number of carbonyl (C=O) groups is 1. The third-order valence-electron chi connectivity index (χ3n) is 3.54. The summed E-state index contributed by atoms with van der Waals surface area (Å²) < 4.78 is 34.1. The normalized spacial score (nSPS) is 10.5. The number of nitrogens with one attached hydrogen (secondary N) is 1. The number of anilines is 1. The highest BCUT2D eigenvalue weighted by Gasteiger charge is 2.16. The highest BCUT2D eigenvalue weighted by molar-refractivity contribution is 7.08. The quantitative estimate of drug-likeness (QED) is 0.667. The molecule has 3 aromatic rings. The summed E-state index contributed by atoms with van der Waals surface area (Å²) in [6, 6.07) is 10.9. The monoisotopic (exact) mass is 359 g/mol. The molecule has 0 aliphatic rings. The maximum absolute atomic E-state index is 14.4. The second-order valence-electron chi connectivity index (χ2n) is 5.24. The largest absolute Gasteiger partial charge is 0.494 e. The Morgan fingerprint density at radius 2 is 1.88 bits per heavy atom. The molecule has 1 heterocycles. The maximum Gasteiger partial charge on any atom is 0.256 e. The van der Waals surface area contributed by atoms with Crippen LogP contribution in [0.1, 0.15) is 17.3 Å². The standard InChI is InChI=1S/C19H15F2NO2S/c1-2-24-15-5-3-4-12(8-15)14-9-16(20)18(17(21)10-14)22-19(23)13-6-7-25-11-13/h3-11H,2H2,1H3,(H,22,23).